The van der Waals surface area contributed by atoms with Gasteiger partial charge in [0.25, 0.3) is 11.5 Å². The maximum absolute atomic E-state index is 13.6. The number of thiocarbonyl (C=S) groups is 1. The molecule has 2 aliphatic rings. The van der Waals surface area contributed by atoms with Gasteiger partial charge >= 0.3 is 0 Å². The molecule has 3 aromatic rings. The third kappa shape index (κ3) is 4.18. The second-order valence-electron chi connectivity index (χ2n) is 9.07. The molecule has 0 spiro atoms. The largest absolute Gasteiger partial charge is 0.370 e. The zero-order valence-electron chi connectivity index (χ0n) is 19.4. The second kappa shape index (κ2) is 9.39. The molecule has 0 bridgehead atoms. The Bertz CT molecular complexity index is 1360. The highest BCUT2D eigenvalue weighted by Gasteiger charge is 2.33. The van der Waals surface area contributed by atoms with Gasteiger partial charge in [-0.3, -0.25) is 14.5 Å². The van der Waals surface area contributed by atoms with Gasteiger partial charge in [-0.05, 0) is 36.5 Å². The zero-order valence-corrected chi connectivity index (χ0v) is 21.0. The molecule has 2 saturated heterocycles. The van der Waals surface area contributed by atoms with E-state index in [1.807, 2.05) is 48.5 Å². The van der Waals surface area contributed by atoms with Crippen molar-refractivity contribution in [1.29, 1.82) is 0 Å². The highest BCUT2D eigenvalue weighted by atomic mass is 32.2. The fraction of sp³-hybridized carbons (Fsp3) is 0.296. The number of nitrogens with zero attached hydrogens (tertiary/aromatic N) is 3. The van der Waals surface area contributed by atoms with Crippen molar-refractivity contribution in [2.45, 2.75) is 26.3 Å². The van der Waals surface area contributed by atoms with Crippen molar-refractivity contribution < 1.29 is 4.79 Å². The lowest BCUT2D eigenvalue weighted by atomic mass is 9.97. The number of amides is 1. The van der Waals surface area contributed by atoms with Crippen molar-refractivity contribution in [1.82, 2.24) is 9.47 Å². The van der Waals surface area contributed by atoms with Crippen molar-refractivity contribution in [2.75, 3.05) is 18.0 Å². The molecule has 1 aromatic heterocycles. The number of anilines is 1. The smallest absolute Gasteiger partial charge is 0.266 e. The Morgan fingerprint density at radius 2 is 1.71 bits per heavy atom. The maximum Gasteiger partial charge on any atom is 0.266 e. The molecule has 0 aliphatic carbocycles. The van der Waals surface area contributed by atoms with Crippen LogP contribution in [-0.2, 0) is 18.4 Å². The lowest BCUT2D eigenvalue weighted by molar-refractivity contribution is -0.122. The SMILES string of the molecule is CC1CCN(c2c(C=C3SC(=S)N(Cc4ccccc4)C3=O)c(=O)n(C)c3ccccc23)CC1. The van der Waals surface area contributed by atoms with Crippen LogP contribution in [0.3, 0.4) is 0 Å². The molecule has 0 N–H and O–H groups in total. The number of benzene rings is 2. The fourth-order valence-corrected chi connectivity index (χ4v) is 5.98. The first-order valence-electron chi connectivity index (χ1n) is 11.6. The first-order chi connectivity index (χ1) is 16.4. The number of rotatable bonds is 4. The predicted octanol–water partition coefficient (Wildman–Crippen LogP) is 5.18. The van der Waals surface area contributed by atoms with Gasteiger partial charge in [0.1, 0.15) is 4.32 Å². The summed E-state index contributed by atoms with van der Waals surface area (Å²) in [5.74, 6) is 0.527. The van der Waals surface area contributed by atoms with Gasteiger partial charge in [-0.25, -0.2) is 0 Å². The number of thioether (sulfide) groups is 1. The third-order valence-electron chi connectivity index (χ3n) is 6.74. The Labute approximate surface area is 209 Å². The number of pyridine rings is 1. The van der Waals surface area contributed by atoms with Crippen molar-refractivity contribution in [3.63, 3.8) is 0 Å². The Morgan fingerprint density at radius 1 is 1.03 bits per heavy atom. The Morgan fingerprint density at radius 3 is 2.44 bits per heavy atom. The minimum atomic E-state index is -0.146. The summed E-state index contributed by atoms with van der Waals surface area (Å²) in [4.78, 5) is 31.4. The lowest BCUT2D eigenvalue weighted by Gasteiger charge is -2.34. The van der Waals surface area contributed by atoms with Gasteiger partial charge in [0.2, 0.25) is 0 Å². The van der Waals surface area contributed by atoms with Crippen LogP contribution in [0.2, 0.25) is 0 Å². The van der Waals surface area contributed by atoms with Crippen LogP contribution in [0, 0.1) is 5.92 Å². The Hall–Kier alpha value is -2.90. The van der Waals surface area contributed by atoms with Gasteiger partial charge in [0.05, 0.1) is 28.2 Å². The predicted molar refractivity (Wildman–Crippen MR) is 145 cm³/mol. The standard InChI is InChI=1S/C27H27N3O2S2/c1-18-12-14-29(15-13-18)24-20-10-6-7-11-22(20)28(2)25(31)21(24)16-23-26(32)30(27(33)34-23)17-19-8-4-3-5-9-19/h3-11,16,18H,12-15,17H2,1-2H3. The van der Waals surface area contributed by atoms with Crippen LogP contribution in [0.15, 0.2) is 64.3 Å². The molecule has 5 rings (SSSR count). The van der Waals surface area contributed by atoms with Gasteiger partial charge < -0.3 is 9.47 Å². The summed E-state index contributed by atoms with van der Waals surface area (Å²) in [6.45, 7) is 4.50. The molecule has 2 fully saturated rings. The van der Waals surface area contributed by atoms with Crippen molar-refractivity contribution >= 4 is 56.9 Å². The number of aromatic nitrogens is 1. The fourth-order valence-electron chi connectivity index (χ4n) is 4.74. The highest BCUT2D eigenvalue weighted by Crippen LogP contribution is 2.37. The number of carbonyl (C=O) groups excluding carboxylic acids is 1. The molecule has 3 heterocycles. The normalized spacial score (nSPS) is 18.5. The second-order valence-corrected chi connectivity index (χ2v) is 10.7. The summed E-state index contributed by atoms with van der Waals surface area (Å²) < 4.78 is 2.20. The lowest BCUT2D eigenvalue weighted by Crippen LogP contribution is -2.35. The summed E-state index contributed by atoms with van der Waals surface area (Å²) in [5.41, 5.74) is 3.32. The van der Waals surface area contributed by atoms with Crippen LogP contribution in [0.4, 0.5) is 5.69 Å². The van der Waals surface area contributed by atoms with Crippen LogP contribution in [0.5, 0.6) is 0 Å². The van der Waals surface area contributed by atoms with E-state index in [2.05, 4.69) is 17.9 Å². The summed E-state index contributed by atoms with van der Waals surface area (Å²) in [6.07, 6.45) is 3.94. The van der Waals surface area contributed by atoms with Crippen LogP contribution in [0.1, 0.15) is 30.9 Å². The van der Waals surface area contributed by atoms with E-state index in [0.29, 0.717) is 27.3 Å². The van der Waals surface area contributed by atoms with Crippen LogP contribution >= 0.6 is 24.0 Å². The molecule has 5 nitrogen and oxygen atoms in total. The number of piperidine rings is 1. The first kappa shape index (κ1) is 22.9. The number of para-hydroxylation sites is 1. The number of fused-ring (bicyclic) bond motifs is 1. The molecule has 2 aliphatic heterocycles. The maximum atomic E-state index is 13.6. The molecule has 0 saturated carbocycles. The van der Waals surface area contributed by atoms with Crippen LogP contribution in [0.25, 0.3) is 17.0 Å². The molecule has 0 unspecified atom stereocenters. The van der Waals surface area contributed by atoms with E-state index in [9.17, 15) is 9.59 Å². The van der Waals surface area contributed by atoms with E-state index >= 15 is 0 Å². The molecule has 174 valence electrons. The summed E-state index contributed by atoms with van der Waals surface area (Å²) in [5, 5.41) is 1.03. The minimum Gasteiger partial charge on any atom is -0.370 e. The average molecular weight is 490 g/mol. The molecule has 0 atom stereocenters. The first-order valence-corrected chi connectivity index (χ1v) is 12.8. The van der Waals surface area contributed by atoms with E-state index < -0.39 is 0 Å². The van der Waals surface area contributed by atoms with Crippen molar-refractivity contribution in [3.8, 4) is 0 Å². The van der Waals surface area contributed by atoms with Crippen LogP contribution < -0.4 is 10.5 Å². The van der Waals surface area contributed by atoms with Gasteiger partial charge in [-0.2, -0.15) is 0 Å². The van der Waals surface area contributed by atoms with E-state index in [4.69, 9.17) is 12.2 Å². The number of hydrogen-bond donors (Lipinski definition) is 0. The topological polar surface area (TPSA) is 45.6 Å². The molecular formula is C27H27N3O2S2. The van der Waals surface area contributed by atoms with Crippen LogP contribution in [-0.4, -0.2) is 32.8 Å². The Balaban J connectivity index is 1.60. The highest BCUT2D eigenvalue weighted by molar-refractivity contribution is 8.26. The zero-order chi connectivity index (χ0) is 23.8. The molecule has 34 heavy (non-hydrogen) atoms. The monoisotopic (exact) mass is 489 g/mol. The average Bonchev–Trinajstić information content (AvgIpc) is 3.11. The summed E-state index contributed by atoms with van der Waals surface area (Å²) in [7, 11) is 1.80. The van der Waals surface area contributed by atoms with Crippen molar-refractivity contribution in [2.24, 2.45) is 13.0 Å². The van der Waals surface area contributed by atoms with E-state index in [1.54, 1.807) is 22.6 Å². The van der Waals surface area contributed by atoms with E-state index in [-0.39, 0.29) is 11.5 Å². The van der Waals surface area contributed by atoms with Gasteiger partial charge in [0.15, 0.2) is 0 Å². The number of hydrogen-bond acceptors (Lipinski definition) is 5. The molecule has 7 heteroatoms. The molecule has 0 radical (unpaired) electrons. The third-order valence-corrected chi connectivity index (χ3v) is 8.12. The quantitative estimate of drug-likeness (QED) is 0.373. The summed E-state index contributed by atoms with van der Waals surface area (Å²) in [6, 6.07) is 17.8. The van der Waals surface area contributed by atoms with Crippen molar-refractivity contribution in [3.05, 3.63) is 81.0 Å². The van der Waals surface area contributed by atoms with Gasteiger partial charge in [0, 0.05) is 25.5 Å². The number of carbonyl (C=O) groups is 1. The molecular weight excluding hydrogens is 462 g/mol. The molecule has 1 amide bonds. The van der Waals surface area contributed by atoms with E-state index in [0.717, 1.165) is 48.1 Å². The van der Waals surface area contributed by atoms with Gasteiger partial charge in [-0.1, -0.05) is 79.4 Å². The number of aryl methyl sites for hydroxylation is 1. The van der Waals surface area contributed by atoms with Gasteiger partial charge in [-0.15, -0.1) is 0 Å². The molecule has 2 aromatic carbocycles. The Kier molecular flexibility index (Phi) is 6.32. The minimum absolute atomic E-state index is 0.0966. The summed E-state index contributed by atoms with van der Waals surface area (Å²) >= 11 is 6.82. The van der Waals surface area contributed by atoms with E-state index in [1.165, 1.54) is 11.8 Å².